The lowest BCUT2D eigenvalue weighted by molar-refractivity contribution is -0.126. The summed E-state index contributed by atoms with van der Waals surface area (Å²) in [7, 11) is 0. The van der Waals surface area contributed by atoms with E-state index in [0.717, 1.165) is 10.6 Å². The first-order valence-electron chi connectivity index (χ1n) is 6.96. The maximum Gasteiger partial charge on any atom is 0.245 e. The van der Waals surface area contributed by atoms with Gasteiger partial charge >= 0.3 is 0 Å². The number of rotatable bonds is 4. The van der Waals surface area contributed by atoms with Gasteiger partial charge in [-0.3, -0.25) is 9.59 Å². The molecule has 0 aliphatic carbocycles. The van der Waals surface area contributed by atoms with Gasteiger partial charge in [-0.2, -0.15) is 5.10 Å². The zero-order valence-electron chi connectivity index (χ0n) is 11.8. The lowest BCUT2D eigenvalue weighted by Gasteiger charge is -2.16. The van der Waals surface area contributed by atoms with Crippen LogP contribution in [-0.4, -0.2) is 24.6 Å². The van der Waals surface area contributed by atoms with E-state index >= 15 is 0 Å². The Labute approximate surface area is 132 Å². The van der Waals surface area contributed by atoms with Crippen LogP contribution in [0.3, 0.4) is 0 Å². The van der Waals surface area contributed by atoms with E-state index < -0.39 is 0 Å². The maximum atomic E-state index is 12.1. The number of hydrogen-bond acceptors (Lipinski definition) is 4. The quantitative estimate of drug-likeness (QED) is 0.695. The number of hydrogen-bond donors (Lipinski definition) is 1. The van der Waals surface area contributed by atoms with Gasteiger partial charge in [-0.25, -0.2) is 5.43 Å². The molecule has 0 bridgehead atoms. The molecule has 2 heterocycles. The third-order valence-corrected chi connectivity index (χ3v) is 4.28. The highest BCUT2D eigenvalue weighted by Gasteiger charge is 2.34. The molecule has 1 aliphatic heterocycles. The maximum absolute atomic E-state index is 12.1. The van der Waals surface area contributed by atoms with Crippen LogP contribution in [0.5, 0.6) is 0 Å². The highest BCUT2D eigenvalue weighted by atomic mass is 32.1. The van der Waals surface area contributed by atoms with E-state index in [1.165, 1.54) is 0 Å². The summed E-state index contributed by atoms with van der Waals surface area (Å²) in [4.78, 5) is 26.8. The van der Waals surface area contributed by atoms with Crippen molar-refractivity contribution in [3.8, 4) is 0 Å². The lowest BCUT2D eigenvalue weighted by Crippen LogP contribution is -2.30. The van der Waals surface area contributed by atoms with Crippen molar-refractivity contribution in [3.63, 3.8) is 0 Å². The lowest BCUT2D eigenvalue weighted by atomic mass is 10.1. The van der Waals surface area contributed by atoms with E-state index in [-0.39, 0.29) is 24.2 Å². The molecule has 5 nitrogen and oxygen atoms in total. The Morgan fingerprint density at radius 2 is 2.09 bits per heavy atom. The van der Waals surface area contributed by atoms with Crippen LogP contribution in [0.1, 0.15) is 11.3 Å². The monoisotopic (exact) mass is 313 g/mol. The smallest absolute Gasteiger partial charge is 0.245 e. The normalized spacial score (nSPS) is 18.1. The molecule has 22 heavy (non-hydrogen) atoms. The number of thiophene rings is 1. The minimum absolute atomic E-state index is 0.0337. The molecule has 1 saturated heterocycles. The number of amides is 2. The van der Waals surface area contributed by atoms with Gasteiger partial charge in [0.05, 0.1) is 12.1 Å². The van der Waals surface area contributed by atoms with Crippen LogP contribution in [0.25, 0.3) is 0 Å². The number of carbonyl (C=O) groups excluding carboxylic acids is 2. The molecule has 1 fully saturated rings. The Kier molecular flexibility index (Phi) is 4.29. The molecule has 2 amide bonds. The fraction of sp³-hybridized carbons (Fsp3) is 0.188. The van der Waals surface area contributed by atoms with Gasteiger partial charge in [-0.1, -0.05) is 24.3 Å². The van der Waals surface area contributed by atoms with Crippen molar-refractivity contribution < 1.29 is 9.59 Å². The van der Waals surface area contributed by atoms with Crippen LogP contribution in [0.2, 0.25) is 0 Å². The minimum Gasteiger partial charge on any atom is -0.312 e. The number of benzene rings is 1. The summed E-state index contributed by atoms with van der Waals surface area (Å²) in [6.07, 6.45) is 1.82. The summed E-state index contributed by atoms with van der Waals surface area (Å²) < 4.78 is 0. The number of carbonyl (C=O) groups is 2. The fourth-order valence-electron chi connectivity index (χ4n) is 2.36. The van der Waals surface area contributed by atoms with Crippen molar-refractivity contribution in [2.24, 2.45) is 11.0 Å². The Morgan fingerprint density at radius 3 is 2.82 bits per heavy atom. The first-order chi connectivity index (χ1) is 10.7. The summed E-state index contributed by atoms with van der Waals surface area (Å²) in [5.74, 6) is -0.624. The van der Waals surface area contributed by atoms with Crippen molar-refractivity contribution in [2.75, 3.05) is 11.4 Å². The van der Waals surface area contributed by atoms with E-state index in [4.69, 9.17) is 0 Å². The molecule has 0 unspecified atom stereocenters. The van der Waals surface area contributed by atoms with Gasteiger partial charge in [-0.15, -0.1) is 11.3 Å². The molecule has 0 spiro atoms. The number of nitrogens with one attached hydrogen (secondary N) is 1. The predicted molar refractivity (Wildman–Crippen MR) is 87.0 cm³/mol. The number of para-hydroxylation sites is 1. The average Bonchev–Trinajstić information content (AvgIpc) is 3.17. The van der Waals surface area contributed by atoms with Gasteiger partial charge in [0, 0.05) is 23.5 Å². The van der Waals surface area contributed by atoms with Crippen molar-refractivity contribution in [1.82, 2.24) is 5.43 Å². The number of nitrogens with zero attached hydrogens (tertiary/aromatic N) is 2. The summed E-state index contributed by atoms with van der Waals surface area (Å²) in [6.45, 7) is 0.392. The first kappa shape index (κ1) is 14.5. The molecular formula is C16H15N3O2S. The second-order valence-corrected chi connectivity index (χ2v) is 5.97. The molecule has 1 aliphatic rings. The van der Waals surface area contributed by atoms with E-state index in [0.29, 0.717) is 6.54 Å². The highest BCUT2D eigenvalue weighted by Crippen LogP contribution is 2.24. The molecule has 0 radical (unpaired) electrons. The Balaban J connectivity index is 1.59. The number of anilines is 1. The van der Waals surface area contributed by atoms with Gasteiger partial charge in [0.2, 0.25) is 11.8 Å². The molecule has 0 saturated carbocycles. The summed E-state index contributed by atoms with van der Waals surface area (Å²) in [5, 5.41) is 5.88. The SMILES string of the molecule is O=C(N/N=C/c1cccs1)[C@H]1CC(=O)N(c2ccccc2)C1. The second-order valence-electron chi connectivity index (χ2n) is 4.99. The molecular weight excluding hydrogens is 298 g/mol. The van der Waals surface area contributed by atoms with Gasteiger partial charge in [0.15, 0.2) is 0 Å². The van der Waals surface area contributed by atoms with Crippen LogP contribution in [0, 0.1) is 5.92 Å². The molecule has 1 atom stereocenters. The molecule has 1 N–H and O–H groups in total. The zero-order chi connectivity index (χ0) is 15.4. The highest BCUT2D eigenvalue weighted by molar-refractivity contribution is 7.11. The van der Waals surface area contributed by atoms with E-state index in [1.54, 1.807) is 22.5 Å². The Hall–Kier alpha value is -2.47. The van der Waals surface area contributed by atoms with E-state index in [1.807, 2.05) is 47.8 Å². The van der Waals surface area contributed by atoms with Gasteiger partial charge in [0.1, 0.15) is 0 Å². The van der Waals surface area contributed by atoms with Crippen LogP contribution >= 0.6 is 11.3 Å². The topological polar surface area (TPSA) is 61.8 Å². The summed E-state index contributed by atoms with van der Waals surface area (Å²) in [6, 6.07) is 13.2. The summed E-state index contributed by atoms with van der Waals surface area (Å²) >= 11 is 1.54. The van der Waals surface area contributed by atoms with Crippen molar-refractivity contribution in [2.45, 2.75) is 6.42 Å². The Morgan fingerprint density at radius 1 is 1.27 bits per heavy atom. The van der Waals surface area contributed by atoms with Crippen molar-refractivity contribution in [1.29, 1.82) is 0 Å². The standard InChI is InChI=1S/C16H15N3O2S/c20-15-9-12(11-19(15)13-5-2-1-3-6-13)16(21)18-17-10-14-7-4-8-22-14/h1-8,10,12H,9,11H2,(H,18,21)/b17-10+/t12-/m0/s1. The third kappa shape index (κ3) is 3.23. The molecule has 112 valence electrons. The molecule has 3 rings (SSSR count). The molecule has 2 aromatic rings. The van der Waals surface area contributed by atoms with Gasteiger partial charge < -0.3 is 4.90 Å². The van der Waals surface area contributed by atoms with Crippen molar-refractivity contribution in [3.05, 3.63) is 52.7 Å². The van der Waals surface area contributed by atoms with Crippen LogP contribution < -0.4 is 10.3 Å². The van der Waals surface area contributed by atoms with E-state index in [9.17, 15) is 9.59 Å². The van der Waals surface area contributed by atoms with Gasteiger partial charge in [0.25, 0.3) is 0 Å². The molecule has 1 aromatic heterocycles. The van der Waals surface area contributed by atoms with Gasteiger partial charge in [-0.05, 0) is 23.6 Å². The largest absolute Gasteiger partial charge is 0.312 e. The third-order valence-electron chi connectivity index (χ3n) is 3.47. The van der Waals surface area contributed by atoms with Crippen molar-refractivity contribution >= 4 is 35.1 Å². The van der Waals surface area contributed by atoms with Crippen LogP contribution in [-0.2, 0) is 9.59 Å². The minimum atomic E-state index is -0.367. The van der Waals surface area contributed by atoms with Crippen LogP contribution in [0.15, 0.2) is 52.9 Å². The van der Waals surface area contributed by atoms with Crippen LogP contribution in [0.4, 0.5) is 5.69 Å². The Bertz CT molecular complexity index is 683. The second kappa shape index (κ2) is 6.53. The number of hydrazone groups is 1. The molecule has 1 aromatic carbocycles. The zero-order valence-corrected chi connectivity index (χ0v) is 12.6. The summed E-state index contributed by atoms with van der Waals surface area (Å²) in [5.41, 5.74) is 3.34. The molecule has 6 heteroatoms. The average molecular weight is 313 g/mol. The fourth-order valence-corrected chi connectivity index (χ4v) is 2.94. The van der Waals surface area contributed by atoms with E-state index in [2.05, 4.69) is 10.5 Å². The first-order valence-corrected chi connectivity index (χ1v) is 7.84. The predicted octanol–water partition coefficient (Wildman–Crippen LogP) is 2.25.